The molecule has 0 amide bonds. The Hall–Kier alpha value is -2.13. The number of nitrogens with zero attached hydrogens (tertiary/aromatic N) is 6. The van der Waals surface area contributed by atoms with Gasteiger partial charge in [-0.25, -0.2) is 9.67 Å². The lowest BCUT2D eigenvalue weighted by atomic mass is 10.1. The molecule has 2 aromatic heterocycles. The zero-order valence-corrected chi connectivity index (χ0v) is 11.5. The minimum absolute atomic E-state index is 0.380. The molecule has 6 nitrogen and oxygen atoms in total. The second-order valence-corrected chi connectivity index (χ2v) is 5.15. The van der Waals surface area contributed by atoms with E-state index in [-0.39, 0.29) is 0 Å². The summed E-state index contributed by atoms with van der Waals surface area (Å²) in [4.78, 5) is 6.45. The highest BCUT2D eigenvalue weighted by molar-refractivity contribution is 6.33. The number of piperidine rings is 1. The van der Waals surface area contributed by atoms with Crippen LogP contribution < -0.4 is 4.90 Å². The molecule has 2 aromatic rings. The van der Waals surface area contributed by atoms with Crippen molar-refractivity contribution in [3.05, 3.63) is 35.2 Å². The Morgan fingerprint density at radius 3 is 2.75 bits per heavy atom. The first-order valence-electron chi connectivity index (χ1n) is 6.44. The maximum Gasteiger partial charge on any atom is 0.147 e. The Labute approximate surface area is 121 Å². The first-order valence-corrected chi connectivity index (χ1v) is 6.82. The summed E-state index contributed by atoms with van der Waals surface area (Å²) < 4.78 is 1.91. The number of aromatic nitrogens is 4. The minimum Gasteiger partial charge on any atom is -0.355 e. The van der Waals surface area contributed by atoms with Crippen molar-refractivity contribution in [2.75, 3.05) is 18.0 Å². The van der Waals surface area contributed by atoms with Crippen LogP contribution in [-0.2, 0) is 0 Å². The van der Waals surface area contributed by atoms with Gasteiger partial charge in [-0.05, 0) is 18.9 Å². The molecule has 3 heterocycles. The van der Waals surface area contributed by atoms with Gasteiger partial charge in [-0.1, -0.05) is 16.8 Å². The molecule has 0 aromatic carbocycles. The molecular formula is C13H13ClN6. The first-order chi connectivity index (χ1) is 9.78. The number of halogens is 1. The summed E-state index contributed by atoms with van der Waals surface area (Å²) in [6, 6.07) is 4.08. The smallest absolute Gasteiger partial charge is 0.147 e. The van der Waals surface area contributed by atoms with Crippen molar-refractivity contribution in [3.63, 3.8) is 0 Å². The van der Waals surface area contributed by atoms with E-state index in [9.17, 15) is 0 Å². The highest BCUT2D eigenvalue weighted by atomic mass is 35.5. The number of anilines is 1. The molecule has 1 fully saturated rings. The minimum atomic E-state index is 0.380. The van der Waals surface area contributed by atoms with E-state index in [4.69, 9.17) is 16.9 Å². The maximum absolute atomic E-state index is 8.83. The predicted molar refractivity (Wildman–Crippen MR) is 74.5 cm³/mol. The third kappa shape index (κ3) is 2.45. The predicted octanol–water partition coefficient (Wildman–Crippen LogP) is 2.04. The fraction of sp³-hybridized carbons (Fsp3) is 0.385. The van der Waals surface area contributed by atoms with Crippen LogP contribution in [0.1, 0.15) is 24.4 Å². The van der Waals surface area contributed by atoms with Crippen molar-refractivity contribution >= 4 is 17.4 Å². The second-order valence-electron chi connectivity index (χ2n) is 4.74. The number of hydrogen-bond acceptors (Lipinski definition) is 5. The molecule has 20 heavy (non-hydrogen) atoms. The molecular weight excluding hydrogens is 276 g/mol. The summed E-state index contributed by atoms with van der Waals surface area (Å²) in [6.07, 6.45) is 7.10. The van der Waals surface area contributed by atoms with Crippen LogP contribution in [0.2, 0.25) is 5.02 Å². The van der Waals surface area contributed by atoms with E-state index in [1.807, 2.05) is 16.9 Å². The molecule has 7 heteroatoms. The van der Waals surface area contributed by atoms with Gasteiger partial charge in [0.15, 0.2) is 0 Å². The molecule has 1 aliphatic rings. The van der Waals surface area contributed by atoms with Crippen molar-refractivity contribution in [1.29, 1.82) is 5.26 Å². The van der Waals surface area contributed by atoms with Gasteiger partial charge in [0.2, 0.25) is 0 Å². The Morgan fingerprint density at radius 2 is 2.15 bits per heavy atom. The van der Waals surface area contributed by atoms with Crippen LogP contribution in [0.15, 0.2) is 24.7 Å². The number of pyridine rings is 1. The molecule has 0 unspecified atom stereocenters. The van der Waals surface area contributed by atoms with E-state index in [0.29, 0.717) is 16.6 Å². The fourth-order valence-electron chi connectivity index (χ4n) is 2.48. The van der Waals surface area contributed by atoms with E-state index in [1.54, 1.807) is 18.5 Å². The van der Waals surface area contributed by atoms with Crippen LogP contribution in [0, 0.1) is 11.3 Å². The van der Waals surface area contributed by atoms with Gasteiger partial charge in [0.25, 0.3) is 0 Å². The quantitative estimate of drug-likeness (QED) is 0.846. The molecule has 0 saturated carbocycles. The SMILES string of the molecule is N#Cc1cnc(N2CCC(n3ccnn3)CC2)c(Cl)c1. The Kier molecular flexibility index (Phi) is 3.52. The molecule has 0 atom stereocenters. The van der Waals surface area contributed by atoms with Crippen LogP contribution in [0.4, 0.5) is 5.82 Å². The van der Waals surface area contributed by atoms with Crippen LogP contribution in [0.5, 0.6) is 0 Å². The van der Waals surface area contributed by atoms with Gasteiger partial charge in [-0.2, -0.15) is 5.26 Å². The van der Waals surface area contributed by atoms with Crippen LogP contribution in [0.25, 0.3) is 0 Å². The van der Waals surface area contributed by atoms with Gasteiger partial charge in [-0.15, -0.1) is 5.10 Å². The maximum atomic E-state index is 8.83. The van der Waals surface area contributed by atoms with Crippen molar-refractivity contribution in [2.24, 2.45) is 0 Å². The molecule has 0 radical (unpaired) electrons. The lowest BCUT2D eigenvalue weighted by molar-refractivity contribution is 0.359. The van der Waals surface area contributed by atoms with Crippen molar-refractivity contribution in [2.45, 2.75) is 18.9 Å². The summed E-state index contributed by atoms with van der Waals surface area (Å²) >= 11 is 6.19. The summed E-state index contributed by atoms with van der Waals surface area (Å²) in [7, 11) is 0. The lowest BCUT2D eigenvalue weighted by Gasteiger charge is -2.33. The largest absolute Gasteiger partial charge is 0.355 e. The number of hydrogen-bond donors (Lipinski definition) is 0. The molecule has 1 aliphatic heterocycles. The summed E-state index contributed by atoms with van der Waals surface area (Å²) in [5.74, 6) is 0.753. The summed E-state index contributed by atoms with van der Waals surface area (Å²) in [5, 5.41) is 17.2. The highest BCUT2D eigenvalue weighted by Gasteiger charge is 2.23. The third-order valence-corrected chi connectivity index (χ3v) is 3.81. The summed E-state index contributed by atoms with van der Waals surface area (Å²) in [6.45, 7) is 1.73. The van der Waals surface area contributed by atoms with E-state index < -0.39 is 0 Å². The Morgan fingerprint density at radius 1 is 1.35 bits per heavy atom. The molecule has 0 N–H and O–H groups in total. The van der Waals surface area contributed by atoms with Crippen LogP contribution >= 0.6 is 11.6 Å². The third-order valence-electron chi connectivity index (χ3n) is 3.53. The van der Waals surface area contributed by atoms with Gasteiger partial charge in [0.1, 0.15) is 11.9 Å². The molecule has 3 rings (SSSR count). The number of rotatable bonds is 2. The van der Waals surface area contributed by atoms with Gasteiger partial charge in [0, 0.05) is 25.5 Å². The van der Waals surface area contributed by atoms with Crippen molar-refractivity contribution in [1.82, 2.24) is 20.0 Å². The molecule has 102 valence electrons. The van der Waals surface area contributed by atoms with Crippen molar-refractivity contribution < 1.29 is 0 Å². The molecule has 1 saturated heterocycles. The molecule has 0 spiro atoms. The van der Waals surface area contributed by atoms with Crippen LogP contribution in [0.3, 0.4) is 0 Å². The van der Waals surface area contributed by atoms with E-state index in [1.165, 1.54) is 0 Å². The monoisotopic (exact) mass is 288 g/mol. The Balaban J connectivity index is 1.71. The lowest BCUT2D eigenvalue weighted by Crippen LogP contribution is -2.35. The first kappa shape index (κ1) is 12.9. The zero-order chi connectivity index (χ0) is 13.9. The molecule has 0 aliphatic carbocycles. The van der Waals surface area contributed by atoms with Gasteiger partial charge in [0.05, 0.1) is 22.8 Å². The average molecular weight is 289 g/mol. The van der Waals surface area contributed by atoms with E-state index in [2.05, 4.69) is 20.2 Å². The summed E-state index contributed by atoms with van der Waals surface area (Å²) in [5.41, 5.74) is 0.483. The zero-order valence-electron chi connectivity index (χ0n) is 10.8. The van der Waals surface area contributed by atoms with Crippen molar-refractivity contribution in [3.8, 4) is 6.07 Å². The second kappa shape index (κ2) is 5.47. The van der Waals surface area contributed by atoms with E-state index >= 15 is 0 Å². The van der Waals surface area contributed by atoms with Gasteiger partial charge >= 0.3 is 0 Å². The van der Waals surface area contributed by atoms with Gasteiger partial charge in [-0.3, -0.25) is 0 Å². The van der Waals surface area contributed by atoms with Crippen LogP contribution in [-0.4, -0.2) is 33.1 Å². The number of nitriles is 1. The Bertz CT molecular complexity index is 625. The topological polar surface area (TPSA) is 70.6 Å². The average Bonchev–Trinajstić information content (AvgIpc) is 3.01. The standard InChI is InChI=1S/C13H13ClN6/c14-12-7-10(8-15)9-16-13(12)19-4-1-11(2-5-19)20-6-3-17-18-20/h3,6-7,9,11H,1-2,4-5H2. The molecule has 0 bridgehead atoms. The fourth-order valence-corrected chi connectivity index (χ4v) is 2.76. The normalized spacial score (nSPS) is 16.1. The van der Waals surface area contributed by atoms with Gasteiger partial charge < -0.3 is 4.90 Å². The van der Waals surface area contributed by atoms with E-state index in [0.717, 1.165) is 31.7 Å². The highest BCUT2D eigenvalue weighted by Crippen LogP contribution is 2.29.